The molecule has 1 aliphatic heterocycles. The van der Waals surface area contributed by atoms with E-state index in [-0.39, 0.29) is 12.1 Å². The Hall–Kier alpha value is -1.45. The highest BCUT2D eigenvalue weighted by atomic mass is 32.2. The van der Waals surface area contributed by atoms with E-state index in [4.69, 9.17) is 0 Å². The van der Waals surface area contributed by atoms with Gasteiger partial charge >= 0.3 is 0 Å². The SMILES string of the molecule is CS(=O)N1[C@@H](c2ccccc2)CCC[C@H]1c1ccccc1. The third-order valence-electron chi connectivity index (χ3n) is 4.24. The summed E-state index contributed by atoms with van der Waals surface area (Å²) in [6, 6.07) is 21.4. The number of benzene rings is 2. The summed E-state index contributed by atoms with van der Waals surface area (Å²) in [5.41, 5.74) is 2.54. The lowest BCUT2D eigenvalue weighted by Crippen LogP contribution is -2.37. The van der Waals surface area contributed by atoms with Crippen LogP contribution in [-0.4, -0.2) is 14.8 Å². The van der Waals surface area contributed by atoms with Gasteiger partial charge in [0.2, 0.25) is 0 Å². The molecule has 0 aliphatic carbocycles. The van der Waals surface area contributed by atoms with Crippen molar-refractivity contribution in [2.75, 3.05) is 6.26 Å². The Labute approximate surface area is 129 Å². The third kappa shape index (κ3) is 3.09. The molecule has 2 aromatic rings. The zero-order valence-corrected chi connectivity index (χ0v) is 13.1. The predicted molar refractivity (Wildman–Crippen MR) is 88.1 cm³/mol. The van der Waals surface area contributed by atoms with Gasteiger partial charge in [-0.2, -0.15) is 0 Å². The first-order chi connectivity index (χ1) is 10.3. The number of rotatable bonds is 3. The zero-order valence-electron chi connectivity index (χ0n) is 12.3. The van der Waals surface area contributed by atoms with Gasteiger partial charge in [-0.1, -0.05) is 60.7 Å². The first kappa shape index (κ1) is 14.5. The number of hydrogen-bond acceptors (Lipinski definition) is 1. The van der Waals surface area contributed by atoms with E-state index in [1.165, 1.54) is 17.5 Å². The molecule has 0 bridgehead atoms. The maximum absolute atomic E-state index is 12.4. The Morgan fingerprint density at radius 2 is 1.29 bits per heavy atom. The van der Waals surface area contributed by atoms with Gasteiger partial charge in [0.25, 0.3) is 0 Å². The van der Waals surface area contributed by atoms with E-state index >= 15 is 0 Å². The molecular weight excluding hydrogens is 278 g/mol. The van der Waals surface area contributed by atoms with Crippen LogP contribution in [-0.2, 0) is 11.0 Å². The molecule has 110 valence electrons. The van der Waals surface area contributed by atoms with Crippen LogP contribution in [0.4, 0.5) is 0 Å². The minimum Gasteiger partial charge on any atom is -0.243 e. The van der Waals surface area contributed by atoms with Crippen LogP contribution in [0.15, 0.2) is 60.7 Å². The first-order valence-corrected chi connectivity index (χ1v) is 9.00. The lowest BCUT2D eigenvalue weighted by molar-refractivity contribution is 0.192. The summed E-state index contributed by atoms with van der Waals surface area (Å²) in [7, 11) is -0.980. The molecule has 2 aromatic carbocycles. The van der Waals surface area contributed by atoms with Crippen molar-refractivity contribution in [3.63, 3.8) is 0 Å². The molecule has 0 saturated carbocycles. The summed E-state index contributed by atoms with van der Waals surface area (Å²) in [5.74, 6) is 0. The summed E-state index contributed by atoms with van der Waals surface area (Å²) in [6.07, 6.45) is 5.13. The molecule has 2 nitrogen and oxygen atoms in total. The van der Waals surface area contributed by atoms with Crippen molar-refractivity contribution in [2.45, 2.75) is 31.3 Å². The molecular formula is C18H21NOS. The zero-order chi connectivity index (χ0) is 14.7. The van der Waals surface area contributed by atoms with Gasteiger partial charge in [-0.05, 0) is 30.4 Å². The van der Waals surface area contributed by atoms with Gasteiger partial charge < -0.3 is 0 Å². The fourth-order valence-corrected chi connectivity index (χ4v) is 4.48. The van der Waals surface area contributed by atoms with Crippen LogP contribution >= 0.6 is 0 Å². The van der Waals surface area contributed by atoms with Crippen molar-refractivity contribution in [1.82, 2.24) is 4.31 Å². The Balaban J connectivity index is 1.97. The molecule has 0 radical (unpaired) electrons. The second-order valence-electron chi connectivity index (χ2n) is 5.57. The van der Waals surface area contributed by atoms with Crippen molar-refractivity contribution in [3.8, 4) is 0 Å². The highest BCUT2D eigenvalue weighted by Gasteiger charge is 2.34. The molecule has 1 saturated heterocycles. The van der Waals surface area contributed by atoms with Crippen LogP contribution in [0.2, 0.25) is 0 Å². The van der Waals surface area contributed by atoms with Gasteiger partial charge in [0.15, 0.2) is 0 Å². The van der Waals surface area contributed by atoms with Gasteiger partial charge in [0.1, 0.15) is 0 Å². The van der Waals surface area contributed by atoms with Crippen molar-refractivity contribution < 1.29 is 4.21 Å². The van der Waals surface area contributed by atoms with Crippen molar-refractivity contribution in [2.24, 2.45) is 0 Å². The molecule has 0 amide bonds. The van der Waals surface area contributed by atoms with Crippen LogP contribution in [0.3, 0.4) is 0 Å². The molecule has 0 spiro atoms. The topological polar surface area (TPSA) is 20.3 Å². The van der Waals surface area contributed by atoms with Gasteiger partial charge in [-0.25, -0.2) is 8.51 Å². The number of piperidine rings is 1. The molecule has 0 aromatic heterocycles. The van der Waals surface area contributed by atoms with E-state index in [1.54, 1.807) is 6.26 Å². The summed E-state index contributed by atoms with van der Waals surface area (Å²) in [4.78, 5) is 0. The monoisotopic (exact) mass is 299 g/mol. The van der Waals surface area contributed by atoms with E-state index < -0.39 is 11.0 Å². The quantitative estimate of drug-likeness (QED) is 0.829. The van der Waals surface area contributed by atoms with Crippen molar-refractivity contribution in [3.05, 3.63) is 71.8 Å². The molecule has 1 fully saturated rings. The summed E-state index contributed by atoms with van der Waals surface area (Å²) < 4.78 is 14.6. The third-order valence-corrected chi connectivity index (χ3v) is 5.34. The highest BCUT2D eigenvalue weighted by Crippen LogP contribution is 2.42. The highest BCUT2D eigenvalue weighted by molar-refractivity contribution is 7.81. The standard InChI is InChI=1S/C18H21NOS/c1-21(20)19-17(15-9-4-2-5-10-15)13-8-14-18(19)16-11-6-3-7-12-16/h2-7,9-12,17-18H,8,13-14H2,1H3/t17-,18+,21?. The van der Waals surface area contributed by atoms with Gasteiger partial charge in [-0.15, -0.1) is 0 Å². The van der Waals surface area contributed by atoms with E-state index in [0.29, 0.717) is 0 Å². The Bertz CT molecular complexity index is 552. The number of hydrogen-bond donors (Lipinski definition) is 0. The summed E-state index contributed by atoms with van der Waals surface area (Å²) in [6.45, 7) is 0. The van der Waals surface area contributed by atoms with Crippen LogP contribution in [0.1, 0.15) is 42.5 Å². The smallest absolute Gasteiger partial charge is 0.0922 e. The molecule has 3 atom stereocenters. The van der Waals surface area contributed by atoms with Crippen LogP contribution in [0, 0.1) is 0 Å². The second kappa shape index (κ2) is 6.54. The van der Waals surface area contributed by atoms with Gasteiger partial charge in [0, 0.05) is 18.3 Å². The Kier molecular flexibility index (Phi) is 4.51. The predicted octanol–water partition coefficient (Wildman–Crippen LogP) is 4.25. The molecule has 21 heavy (non-hydrogen) atoms. The molecule has 1 heterocycles. The minimum atomic E-state index is -0.980. The van der Waals surface area contributed by atoms with Gasteiger partial charge in [-0.3, -0.25) is 0 Å². The molecule has 3 heteroatoms. The van der Waals surface area contributed by atoms with Crippen molar-refractivity contribution in [1.29, 1.82) is 0 Å². The molecule has 0 N–H and O–H groups in total. The average molecular weight is 299 g/mol. The van der Waals surface area contributed by atoms with E-state index in [9.17, 15) is 4.21 Å². The average Bonchev–Trinajstić information content (AvgIpc) is 2.55. The molecule has 3 rings (SSSR count). The Morgan fingerprint density at radius 1 is 0.857 bits per heavy atom. The Morgan fingerprint density at radius 3 is 1.67 bits per heavy atom. The van der Waals surface area contributed by atoms with Crippen molar-refractivity contribution >= 4 is 11.0 Å². The lowest BCUT2D eigenvalue weighted by Gasteiger charge is -2.40. The summed E-state index contributed by atoms with van der Waals surface area (Å²) >= 11 is 0. The second-order valence-corrected chi connectivity index (χ2v) is 6.84. The van der Waals surface area contributed by atoms with Crippen LogP contribution in [0.5, 0.6) is 0 Å². The minimum absolute atomic E-state index is 0.246. The maximum Gasteiger partial charge on any atom is 0.0922 e. The fourth-order valence-electron chi connectivity index (χ4n) is 3.31. The van der Waals surface area contributed by atoms with E-state index in [2.05, 4.69) is 52.8 Å². The maximum atomic E-state index is 12.4. The normalized spacial score (nSPS) is 24.6. The lowest BCUT2D eigenvalue weighted by atomic mass is 9.90. The largest absolute Gasteiger partial charge is 0.243 e. The van der Waals surface area contributed by atoms with Gasteiger partial charge in [0.05, 0.1) is 11.0 Å². The molecule has 1 unspecified atom stereocenters. The van der Waals surface area contributed by atoms with E-state index in [1.807, 2.05) is 12.1 Å². The van der Waals surface area contributed by atoms with E-state index in [0.717, 1.165) is 12.8 Å². The summed E-state index contributed by atoms with van der Waals surface area (Å²) in [5, 5.41) is 0. The molecule has 1 aliphatic rings. The van der Waals surface area contributed by atoms with Crippen LogP contribution < -0.4 is 0 Å². The fraction of sp³-hybridized carbons (Fsp3) is 0.333. The first-order valence-electron chi connectivity index (χ1n) is 7.49. The van der Waals surface area contributed by atoms with Crippen LogP contribution in [0.25, 0.3) is 0 Å². The number of nitrogens with zero attached hydrogens (tertiary/aromatic N) is 1.